The van der Waals surface area contributed by atoms with Crippen molar-refractivity contribution in [1.82, 2.24) is 4.98 Å². The zero-order valence-electron chi connectivity index (χ0n) is 10.0. The van der Waals surface area contributed by atoms with Gasteiger partial charge >= 0.3 is 0 Å². The first-order valence-electron chi connectivity index (χ1n) is 5.80. The van der Waals surface area contributed by atoms with Gasteiger partial charge in [-0.2, -0.15) is 0 Å². The molecule has 0 radical (unpaired) electrons. The summed E-state index contributed by atoms with van der Waals surface area (Å²) in [7, 11) is 0. The molecule has 0 bridgehead atoms. The Hall–Kier alpha value is -2.03. The van der Waals surface area contributed by atoms with Gasteiger partial charge < -0.3 is 10.6 Å². The molecule has 88 valence electrons. The normalized spacial score (nSPS) is 10.2. The fourth-order valence-electron chi connectivity index (χ4n) is 1.79. The third-order valence-corrected chi connectivity index (χ3v) is 2.70. The molecule has 0 fully saturated rings. The molecule has 1 heterocycles. The van der Waals surface area contributed by atoms with E-state index in [-0.39, 0.29) is 0 Å². The standard InChI is InChI=1S/C14H17N3/c1-2-17(11-13-7-3-4-9-16-13)14-8-5-6-12(15)10-14/h3-10H,2,11,15H2,1H3. The van der Waals surface area contributed by atoms with Crippen molar-refractivity contribution in [1.29, 1.82) is 0 Å². The van der Waals surface area contributed by atoms with Gasteiger partial charge in [-0.3, -0.25) is 4.98 Å². The van der Waals surface area contributed by atoms with Crippen LogP contribution in [0.5, 0.6) is 0 Å². The molecule has 0 spiro atoms. The second kappa shape index (κ2) is 5.34. The summed E-state index contributed by atoms with van der Waals surface area (Å²) in [6, 6.07) is 13.9. The van der Waals surface area contributed by atoms with Crippen LogP contribution in [-0.4, -0.2) is 11.5 Å². The third-order valence-electron chi connectivity index (χ3n) is 2.70. The van der Waals surface area contributed by atoms with Gasteiger partial charge in [0.25, 0.3) is 0 Å². The molecule has 0 aliphatic rings. The molecule has 0 saturated heterocycles. The van der Waals surface area contributed by atoms with Crippen molar-refractivity contribution in [2.24, 2.45) is 0 Å². The van der Waals surface area contributed by atoms with Crippen LogP contribution in [0.1, 0.15) is 12.6 Å². The zero-order chi connectivity index (χ0) is 12.1. The van der Waals surface area contributed by atoms with E-state index in [0.717, 1.165) is 30.2 Å². The van der Waals surface area contributed by atoms with E-state index in [2.05, 4.69) is 22.9 Å². The van der Waals surface area contributed by atoms with Gasteiger partial charge in [0.1, 0.15) is 0 Å². The lowest BCUT2D eigenvalue weighted by molar-refractivity contribution is 0.810. The van der Waals surface area contributed by atoms with Gasteiger partial charge in [0.2, 0.25) is 0 Å². The monoisotopic (exact) mass is 227 g/mol. The Morgan fingerprint density at radius 2 is 2.06 bits per heavy atom. The average molecular weight is 227 g/mol. The number of benzene rings is 1. The first-order chi connectivity index (χ1) is 8.29. The molecule has 0 unspecified atom stereocenters. The second-order valence-electron chi connectivity index (χ2n) is 3.93. The summed E-state index contributed by atoms with van der Waals surface area (Å²) in [4.78, 5) is 6.59. The van der Waals surface area contributed by atoms with E-state index in [1.807, 2.05) is 42.6 Å². The number of hydrogen-bond acceptors (Lipinski definition) is 3. The lowest BCUT2D eigenvalue weighted by atomic mass is 10.2. The number of anilines is 2. The Labute approximate surface area is 102 Å². The molecule has 1 aromatic heterocycles. The van der Waals surface area contributed by atoms with Crippen LogP contribution in [0.4, 0.5) is 11.4 Å². The van der Waals surface area contributed by atoms with Gasteiger partial charge in [0.05, 0.1) is 12.2 Å². The fourth-order valence-corrected chi connectivity index (χ4v) is 1.79. The van der Waals surface area contributed by atoms with Gasteiger partial charge in [-0.1, -0.05) is 12.1 Å². The molecule has 0 amide bonds. The maximum Gasteiger partial charge on any atom is 0.0601 e. The SMILES string of the molecule is CCN(Cc1ccccn1)c1cccc(N)c1. The molecule has 2 rings (SSSR count). The second-order valence-corrected chi connectivity index (χ2v) is 3.93. The van der Waals surface area contributed by atoms with E-state index in [0.29, 0.717) is 0 Å². The molecule has 2 N–H and O–H groups in total. The van der Waals surface area contributed by atoms with Crippen molar-refractivity contribution in [3.05, 3.63) is 54.4 Å². The van der Waals surface area contributed by atoms with Crippen LogP contribution in [0.2, 0.25) is 0 Å². The summed E-state index contributed by atoms with van der Waals surface area (Å²) >= 11 is 0. The molecule has 2 aromatic rings. The molecule has 17 heavy (non-hydrogen) atoms. The van der Waals surface area contributed by atoms with Crippen LogP contribution in [0, 0.1) is 0 Å². The van der Waals surface area contributed by atoms with Crippen molar-refractivity contribution in [3.8, 4) is 0 Å². The Kier molecular flexibility index (Phi) is 3.60. The number of hydrogen-bond donors (Lipinski definition) is 1. The molecule has 1 aromatic carbocycles. The first-order valence-corrected chi connectivity index (χ1v) is 5.80. The van der Waals surface area contributed by atoms with E-state index >= 15 is 0 Å². The summed E-state index contributed by atoms with van der Waals surface area (Å²) in [5.41, 5.74) is 8.80. The number of aromatic nitrogens is 1. The predicted octanol–water partition coefficient (Wildman–Crippen LogP) is 2.69. The molecule has 3 heteroatoms. The number of nitrogens with two attached hydrogens (primary N) is 1. The van der Waals surface area contributed by atoms with Gasteiger partial charge in [-0.15, -0.1) is 0 Å². The highest BCUT2D eigenvalue weighted by Crippen LogP contribution is 2.18. The van der Waals surface area contributed by atoms with Crippen LogP contribution in [0.15, 0.2) is 48.7 Å². The smallest absolute Gasteiger partial charge is 0.0601 e. The predicted molar refractivity (Wildman–Crippen MR) is 71.8 cm³/mol. The van der Waals surface area contributed by atoms with Crippen molar-refractivity contribution < 1.29 is 0 Å². The van der Waals surface area contributed by atoms with E-state index in [4.69, 9.17) is 5.73 Å². The van der Waals surface area contributed by atoms with Crippen LogP contribution < -0.4 is 10.6 Å². The maximum absolute atomic E-state index is 5.80. The molecular weight excluding hydrogens is 210 g/mol. The quantitative estimate of drug-likeness (QED) is 0.816. The van der Waals surface area contributed by atoms with Crippen molar-refractivity contribution >= 4 is 11.4 Å². The summed E-state index contributed by atoms with van der Waals surface area (Å²) in [5, 5.41) is 0. The Morgan fingerprint density at radius 3 is 2.71 bits per heavy atom. The lowest BCUT2D eigenvalue weighted by Gasteiger charge is -2.22. The molecule has 0 saturated carbocycles. The highest BCUT2D eigenvalue weighted by molar-refractivity contribution is 5.55. The minimum atomic E-state index is 0.793. The number of nitrogens with zero attached hydrogens (tertiary/aromatic N) is 2. The number of pyridine rings is 1. The first kappa shape index (κ1) is 11.5. The van der Waals surface area contributed by atoms with Gasteiger partial charge in [-0.05, 0) is 37.3 Å². The molecule has 0 atom stereocenters. The summed E-state index contributed by atoms with van der Waals surface area (Å²) in [5.74, 6) is 0. The minimum Gasteiger partial charge on any atom is -0.399 e. The van der Waals surface area contributed by atoms with Crippen LogP contribution in [0.25, 0.3) is 0 Å². The zero-order valence-corrected chi connectivity index (χ0v) is 10.0. The van der Waals surface area contributed by atoms with Crippen molar-refractivity contribution in [2.75, 3.05) is 17.2 Å². The van der Waals surface area contributed by atoms with Gasteiger partial charge in [-0.25, -0.2) is 0 Å². The Balaban J connectivity index is 2.17. The van der Waals surface area contributed by atoms with E-state index in [1.54, 1.807) is 0 Å². The lowest BCUT2D eigenvalue weighted by Crippen LogP contribution is -2.22. The molecular formula is C14H17N3. The van der Waals surface area contributed by atoms with Crippen molar-refractivity contribution in [2.45, 2.75) is 13.5 Å². The largest absolute Gasteiger partial charge is 0.399 e. The van der Waals surface area contributed by atoms with Gasteiger partial charge in [0, 0.05) is 24.1 Å². The third kappa shape index (κ3) is 2.97. The fraction of sp³-hybridized carbons (Fsp3) is 0.214. The highest BCUT2D eigenvalue weighted by atomic mass is 15.1. The number of nitrogen functional groups attached to an aromatic ring is 1. The van der Waals surface area contributed by atoms with Crippen LogP contribution >= 0.6 is 0 Å². The summed E-state index contributed by atoms with van der Waals surface area (Å²) in [6.45, 7) is 3.87. The summed E-state index contributed by atoms with van der Waals surface area (Å²) in [6.07, 6.45) is 1.82. The van der Waals surface area contributed by atoms with E-state index in [1.165, 1.54) is 0 Å². The van der Waals surface area contributed by atoms with Gasteiger partial charge in [0.15, 0.2) is 0 Å². The minimum absolute atomic E-state index is 0.793. The van der Waals surface area contributed by atoms with Crippen LogP contribution in [0.3, 0.4) is 0 Å². The Bertz CT molecular complexity index is 468. The maximum atomic E-state index is 5.80. The van der Waals surface area contributed by atoms with E-state index in [9.17, 15) is 0 Å². The molecule has 0 aliphatic heterocycles. The van der Waals surface area contributed by atoms with Crippen molar-refractivity contribution in [3.63, 3.8) is 0 Å². The summed E-state index contributed by atoms with van der Waals surface area (Å²) < 4.78 is 0. The molecule has 3 nitrogen and oxygen atoms in total. The topological polar surface area (TPSA) is 42.2 Å². The van der Waals surface area contributed by atoms with Crippen LogP contribution in [-0.2, 0) is 6.54 Å². The number of rotatable bonds is 4. The average Bonchev–Trinajstić information content (AvgIpc) is 2.37. The highest BCUT2D eigenvalue weighted by Gasteiger charge is 2.05. The Morgan fingerprint density at radius 1 is 1.18 bits per heavy atom. The molecule has 0 aliphatic carbocycles. The van der Waals surface area contributed by atoms with E-state index < -0.39 is 0 Å².